The Hall–Kier alpha value is -9.47. The average molecular weight is 1120 g/mol. The summed E-state index contributed by atoms with van der Waals surface area (Å²) in [5.74, 6) is -2.14. The smallest absolute Gasteiger partial charge is 0.333 e. The first-order valence-corrected chi connectivity index (χ1v) is 25.8. The van der Waals surface area contributed by atoms with Gasteiger partial charge in [-0.2, -0.15) is 0 Å². The fourth-order valence-electron chi connectivity index (χ4n) is 8.37. The van der Waals surface area contributed by atoms with Crippen molar-refractivity contribution in [1.29, 1.82) is 0 Å². The largest absolute Gasteiger partial charge is 0.462 e. The molecular weight excluding hydrogens is 1060 g/mol. The molecule has 0 aromatic heterocycles. The number of ether oxygens (including phenoxy) is 3. The Bertz CT molecular complexity index is 3380. The summed E-state index contributed by atoms with van der Waals surface area (Å²) in [6.45, 7) is 16.4. The average Bonchev–Trinajstić information content (AvgIpc) is 3.46. The topological polar surface area (TPSA) is 223 Å². The zero-order valence-corrected chi connectivity index (χ0v) is 45.4. The first-order chi connectivity index (χ1) is 37.8. The number of fused-ring (bicyclic) bond motifs is 4. The van der Waals surface area contributed by atoms with Crippen molar-refractivity contribution in [2.24, 2.45) is 0 Å². The van der Waals surface area contributed by atoms with Gasteiger partial charge < -0.3 is 36.3 Å². The van der Waals surface area contributed by atoms with Crippen LogP contribution < -0.4 is 22.1 Å². The van der Waals surface area contributed by atoms with E-state index in [1.807, 2.05) is 72.8 Å². The summed E-state index contributed by atoms with van der Waals surface area (Å²) in [5.41, 5.74) is 21.5. The van der Waals surface area contributed by atoms with Crippen LogP contribution in [0.2, 0.25) is 0 Å². The molecule has 9 rings (SSSR count). The molecule has 0 saturated carbocycles. The van der Waals surface area contributed by atoms with Crippen LogP contribution in [-0.2, 0) is 47.9 Å². The molecule has 0 radical (unpaired) electrons. The molecule has 0 aliphatic heterocycles. The predicted octanol–water partition coefficient (Wildman–Crippen LogP) is 12.0. The van der Waals surface area contributed by atoms with E-state index in [9.17, 15) is 33.6 Å². The highest BCUT2D eigenvalue weighted by molar-refractivity contribution is 9.10. The van der Waals surface area contributed by atoms with Gasteiger partial charge in [0.15, 0.2) is 23.1 Å². The highest BCUT2D eigenvalue weighted by Gasteiger charge is 2.34. The second kappa shape index (κ2) is 26.1. The molecule has 2 aliphatic rings. The first kappa shape index (κ1) is 57.2. The lowest BCUT2D eigenvalue weighted by molar-refractivity contribution is -0.139. The minimum absolute atomic E-state index is 0.209. The van der Waals surface area contributed by atoms with Gasteiger partial charge in [0.05, 0.1) is 53.4 Å². The quantitative estimate of drug-likeness (QED) is 0.0306. The lowest BCUT2D eigenvalue weighted by atomic mass is 9.82. The van der Waals surface area contributed by atoms with Gasteiger partial charge in [-0.3, -0.25) is 19.2 Å². The molecule has 2 aliphatic carbocycles. The van der Waals surface area contributed by atoms with Crippen molar-refractivity contribution in [1.82, 2.24) is 0 Å². The van der Waals surface area contributed by atoms with E-state index in [1.165, 1.54) is 0 Å². The molecule has 79 heavy (non-hydrogen) atoms. The number of benzene rings is 7. The minimum Gasteiger partial charge on any atom is -0.462 e. The SMILES string of the molecule is C=C(C)C(=O)OCCc1ccc(Br)cc1.C=C(C)C(=O)OCCc1ccc(Nc2cccc3c2C(=O)c2c(Nc4ccc(CCOC(=O)C(=C)C)cc4)cccc2C3=O)cc1.Nc1cccc2c1C(=O)c1c(N)cccc1C2=O. The van der Waals surface area contributed by atoms with Crippen molar-refractivity contribution in [3.05, 3.63) is 248 Å². The van der Waals surface area contributed by atoms with Crippen LogP contribution in [-0.4, -0.2) is 60.9 Å². The minimum atomic E-state index is -0.417. The molecule has 0 amide bonds. The van der Waals surface area contributed by atoms with Crippen molar-refractivity contribution in [3.63, 3.8) is 0 Å². The lowest BCUT2D eigenvalue weighted by Gasteiger charge is -2.23. The Morgan fingerprint density at radius 1 is 0.418 bits per heavy atom. The van der Waals surface area contributed by atoms with Gasteiger partial charge >= 0.3 is 17.9 Å². The molecule has 7 aromatic carbocycles. The van der Waals surface area contributed by atoms with Gasteiger partial charge in [-0.1, -0.05) is 121 Å². The number of nitrogens with one attached hydrogen (secondary N) is 2. The second-order valence-electron chi connectivity index (χ2n) is 18.6. The number of nitrogen functional groups attached to an aromatic ring is 2. The van der Waals surface area contributed by atoms with Crippen molar-refractivity contribution in [3.8, 4) is 0 Å². The fourth-order valence-corrected chi connectivity index (χ4v) is 8.64. The fraction of sp³-hybridized carbons (Fsp3) is 0.141. The third-order valence-electron chi connectivity index (χ3n) is 12.5. The summed E-state index contributed by atoms with van der Waals surface area (Å²) in [4.78, 5) is 86.7. The molecule has 0 spiro atoms. The Balaban J connectivity index is 0.000000221. The maximum absolute atomic E-state index is 14.1. The predicted molar refractivity (Wildman–Crippen MR) is 310 cm³/mol. The van der Waals surface area contributed by atoms with Gasteiger partial charge in [-0.15, -0.1) is 0 Å². The summed E-state index contributed by atoms with van der Waals surface area (Å²) < 4.78 is 16.4. The summed E-state index contributed by atoms with van der Waals surface area (Å²) in [7, 11) is 0. The van der Waals surface area contributed by atoms with Crippen LogP contribution in [0.3, 0.4) is 0 Å². The van der Waals surface area contributed by atoms with Crippen molar-refractivity contribution < 1.29 is 47.8 Å². The van der Waals surface area contributed by atoms with Crippen molar-refractivity contribution in [2.45, 2.75) is 40.0 Å². The van der Waals surface area contributed by atoms with Crippen LogP contribution in [0.1, 0.15) is 101 Å². The summed E-state index contributed by atoms with van der Waals surface area (Å²) in [6.07, 6.45) is 1.83. The third-order valence-corrected chi connectivity index (χ3v) is 13.0. The molecule has 0 heterocycles. The number of hydrogen-bond acceptors (Lipinski definition) is 14. The first-order valence-electron chi connectivity index (χ1n) is 25.0. The zero-order chi connectivity index (χ0) is 56.9. The van der Waals surface area contributed by atoms with E-state index in [0.29, 0.717) is 92.3 Å². The number of nitrogens with two attached hydrogens (primary N) is 2. The zero-order valence-electron chi connectivity index (χ0n) is 43.8. The van der Waals surface area contributed by atoms with E-state index >= 15 is 0 Å². The molecule has 0 atom stereocenters. The molecular formula is C64H57BrN4O10. The van der Waals surface area contributed by atoms with Crippen LogP contribution in [0, 0.1) is 0 Å². The molecule has 400 valence electrons. The monoisotopic (exact) mass is 1120 g/mol. The van der Waals surface area contributed by atoms with Crippen LogP contribution >= 0.6 is 15.9 Å². The number of rotatable bonds is 16. The summed E-state index contributed by atoms with van der Waals surface area (Å²) in [6, 6.07) is 43.3. The van der Waals surface area contributed by atoms with Crippen molar-refractivity contribution >= 4 is 91.1 Å². The number of anilines is 6. The Kier molecular flexibility index (Phi) is 18.9. The molecule has 0 fully saturated rings. The molecule has 7 aromatic rings. The lowest BCUT2D eigenvalue weighted by Crippen LogP contribution is -2.23. The molecule has 0 unspecified atom stereocenters. The highest BCUT2D eigenvalue weighted by atomic mass is 79.9. The number of carbonyl (C=O) groups excluding carboxylic acids is 7. The standard InChI is InChI=1S/C38H34N2O6.C14H10N2O2.C12H13BrO2/c1-23(2)37(43)45-21-19-25-11-15-27(16-12-25)39-31-9-5-7-29-33(31)36(42)34-30(35(29)41)8-6-10-32(34)40-28-17-13-26(14-18-28)20-22-46-38(44)24(3)4;15-9-5-1-3-7-11(9)14(18)12-8(13(7)17)4-2-6-10(12)16;1-9(2)12(14)15-8-7-10-3-5-11(13)6-4-10/h5-18,39-40H,1,3,19-22H2,2,4H3;1-6H,15-16H2;3-6H,1,7-8H2,2H3. The van der Waals surface area contributed by atoms with E-state index in [4.69, 9.17) is 25.7 Å². The van der Waals surface area contributed by atoms with E-state index in [1.54, 1.807) is 93.6 Å². The Morgan fingerprint density at radius 2 is 0.709 bits per heavy atom. The maximum atomic E-state index is 14.1. The normalized spacial score (nSPS) is 11.6. The highest BCUT2D eigenvalue weighted by Crippen LogP contribution is 2.38. The van der Waals surface area contributed by atoms with Crippen LogP contribution in [0.4, 0.5) is 34.1 Å². The van der Waals surface area contributed by atoms with Crippen molar-refractivity contribution in [2.75, 3.05) is 41.9 Å². The number of esters is 3. The number of halogens is 1. The van der Waals surface area contributed by atoms with Crippen LogP contribution in [0.5, 0.6) is 0 Å². The third kappa shape index (κ3) is 14.1. The van der Waals surface area contributed by atoms with E-state index in [0.717, 1.165) is 39.0 Å². The number of carbonyl (C=O) groups is 7. The number of hydrogen-bond donors (Lipinski definition) is 4. The summed E-state index contributed by atoms with van der Waals surface area (Å²) in [5, 5.41) is 6.62. The molecule has 14 nitrogen and oxygen atoms in total. The van der Waals surface area contributed by atoms with Crippen LogP contribution in [0.25, 0.3) is 0 Å². The van der Waals surface area contributed by atoms with Crippen LogP contribution in [0.15, 0.2) is 187 Å². The van der Waals surface area contributed by atoms with Gasteiger partial charge in [-0.25, -0.2) is 14.4 Å². The molecule has 15 heteroatoms. The summed E-state index contributed by atoms with van der Waals surface area (Å²) >= 11 is 3.36. The Labute approximate surface area is 466 Å². The Morgan fingerprint density at radius 3 is 1.04 bits per heavy atom. The van der Waals surface area contributed by atoms with Gasteiger partial charge in [0.2, 0.25) is 0 Å². The van der Waals surface area contributed by atoms with Gasteiger partial charge in [-0.05, 0) is 98.1 Å². The second-order valence-corrected chi connectivity index (χ2v) is 19.5. The molecule has 0 bridgehead atoms. The van der Waals surface area contributed by atoms with Gasteiger partial charge in [0, 0.05) is 85.5 Å². The van der Waals surface area contributed by atoms with Gasteiger partial charge in [0.25, 0.3) is 0 Å². The van der Waals surface area contributed by atoms with E-state index < -0.39 is 11.9 Å². The maximum Gasteiger partial charge on any atom is 0.333 e. The van der Waals surface area contributed by atoms with Gasteiger partial charge in [0.1, 0.15) is 0 Å². The number of ketones is 4. The molecule has 6 N–H and O–H groups in total. The van der Waals surface area contributed by atoms with E-state index in [2.05, 4.69) is 46.3 Å². The van der Waals surface area contributed by atoms with E-state index in [-0.39, 0.29) is 53.4 Å². The molecule has 0 saturated heterocycles.